The van der Waals surface area contributed by atoms with Crippen LogP contribution in [0.25, 0.3) is 11.4 Å². The molecule has 0 bridgehead atoms. The van der Waals surface area contributed by atoms with Crippen molar-refractivity contribution in [1.82, 2.24) is 14.9 Å². The summed E-state index contributed by atoms with van der Waals surface area (Å²) in [6.45, 7) is 4.12. The first-order chi connectivity index (χ1) is 11.1. The van der Waals surface area contributed by atoms with Gasteiger partial charge in [0.1, 0.15) is 0 Å². The number of aromatic nitrogens is 3. The minimum absolute atomic E-state index is 0.126. The predicted octanol–water partition coefficient (Wildman–Crippen LogP) is 4.47. The van der Waals surface area contributed by atoms with Crippen LogP contribution in [0, 0.1) is 6.92 Å². The first kappa shape index (κ1) is 15.9. The van der Waals surface area contributed by atoms with Crippen LogP contribution in [0.1, 0.15) is 23.3 Å². The smallest absolute Gasteiger partial charge is 0.210 e. The Morgan fingerprint density at radius 2 is 1.78 bits per heavy atom. The Labute approximate surface area is 144 Å². The van der Waals surface area contributed by atoms with Crippen molar-refractivity contribution in [3.8, 4) is 11.4 Å². The Morgan fingerprint density at radius 1 is 1.09 bits per heavy atom. The largest absolute Gasteiger partial charge is 0.335 e. The van der Waals surface area contributed by atoms with E-state index in [1.807, 2.05) is 55.5 Å². The Balaban J connectivity index is 1.85. The summed E-state index contributed by atoms with van der Waals surface area (Å²) in [4.78, 5) is 0. The number of benzene rings is 2. The average Bonchev–Trinajstić information content (AvgIpc) is 2.89. The van der Waals surface area contributed by atoms with Crippen LogP contribution in [-0.2, 0) is 0 Å². The molecular weight excluding hydrogens is 328 g/mol. The van der Waals surface area contributed by atoms with Crippen molar-refractivity contribution < 1.29 is 0 Å². The molecule has 1 atom stereocenters. The van der Waals surface area contributed by atoms with Crippen LogP contribution < -0.4 is 5.84 Å². The lowest BCUT2D eigenvalue weighted by atomic mass is 10.1. The second-order valence-electron chi connectivity index (χ2n) is 5.32. The van der Waals surface area contributed by atoms with Crippen molar-refractivity contribution in [2.75, 3.05) is 5.84 Å². The fourth-order valence-electron chi connectivity index (χ4n) is 2.28. The first-order valence-electron chi connectivity index (χ1n) is 7.25. The highest BCUT2D eigenvalue weighted by atomic mass is 35.5. The van der Waals surface area contributed by atoms with Gasteiger partial charge in [0.2, 0.25) is 5.16 Å². The van der Waals surface area contributed by atoms with Crippen LogP contribution in [0.2, 0.25) is 5.02 Å². The number of hydrogen-bond acceptors (Lipinski definition) is 4. The molecule has 0 fully saturated rings. The molecule has 118 valence electrons. The van der Waals surface area contributed by atoms with Crippen molar-refractivity contribution in [3.05, 3.63) is 64.7 Å². The molecule has 2 N–H and O–H groups in total. The van der Waals surface area contributed by atoms with Gasteiger partial charge in [-0.15, -0.1) is 10.2 Å². The van der Waals surface area contributed by atoms with Crippen molar-refractivity contribution in [1.29, 1.82) is 0 Å². The van der Waals surface area contributed by atoms with E-state index in [0.29, 0.717) is 11.0 Å². The minimum atomic E-state index is 0.126. The third-order valence-electron chi connectivity index (χ3n) is 3.60. The van der Waals surface area contributed by atoms with E-state index in [-0.39, 0.29) is 5.25 Å². The first-order valence-corrected chi connectivity index (χ1v) is 8.50. The van der Waals surface area contributed by atoms with Gasteiger partial charge in [-0.2, -0.15) is 0 Å². The highest BCUT2D eigenvalue weighted by Gasteiger charge is 2.17. The zero-order valence-electron chi connectivity index (χ0n) is 12.9. The topological polar surface area (TPSA) is 56.7 Å². The van der Waals surface area contributed by atoms with E-state index in [9.17, 15) is 0 Å². The third kappa shape index (κ3) is 3.35. The lowest BCUT2D eigenvalue weighted by Crippen LogP contribution is -2.12. The standard InChI is InChI=1S/C17H17ClN4S/c1-11-7-9-13(10-8-11)16-20-21-17(22(16)19)23-12(2)14-5-3-4-6-15(14)18/h3-10,12H,19H2,1-2H3/t12-/m0/s1. The molecule has 0 saturated heterocycles. The minimum Gasteiger partial charge on any atom is -0.335 e. The van der Waals surface area contributed by atoms with Gasteiger partial charge in [0.25, 0.3) is 0 Å². The van der Waals surface area contributed by atoms with Crippen LogP contribution in [0.15, 0.2) is 53.7 Å². The van der Waals surface area contributed by atoms with Crippen molar-refractivity contribution in [2.24, 2.45) is 0 Å². The summed E-state index contributed by atoms with van der Waals surface area (Å²) in [5.41, 5.74) is 3.20. The van der Waals surface area contributed by atoms with Crippen LogP contribution in [-0.4, -0.2) is 14.9 Å². The van der Waals surface area contributed by atoms with E-state index in [2.05, 4.69) is 17.1 Å². The van der Waals surface area contributed by atoms with Crippen molar-refractivity contribution in [2.45, 2.75) is 24.3 Å². The van der Waals surface area contributed by atoms with Crippen molar-refractivity contribution >= 4 is 23.4 Å². The summed E-state index contributed by atoms with van der Waals surface area (Å²) in [6.07, 6.45) is 0. The Kier molecular flexibility index (Phi) is 4.59. The van der Waals surface area contributed by atoms with Gasteiger partial charge < -0.3 is 5.84 Å². The SMILES string of the molecule is Cc1ccc(-c2nnc(S[C@@H](C)c3ccccc3Cl)n2N)cc1. The summed E-state index contributed by atoms with van der Waals surface area (Å²) < 4.78 is 1.53. The molecule has 0 aliphatic rings. The fraction of sp³-hybridized carbons (Fsp3) is 0.176. The van der Waals surface area contributed by atoms with Crippen LogP contribution in [0.5, 0.6) is 0 Å². The Hall–Kier alpha value is -1.98. The molecule has 0 radical (unpaired) electrons. The van der Waals surface area contributed by atoms with E-state index in [1.54, 1.807) is 0 Å². The Morgan fingerprint density at radius 3 is 2.48 bits per heavy atom. The van der Waals surface area contributed by atoms with E-state index >= 15 is 0 Å². The van der Waals surface area contributed by atoms with E-state index < -0.39 is 0 Å². The number of hydrogen-bond donors (Lipinski definition) is 1. The number of nitrogen functional groups attached to an aromatic ring is 1. The zero-order valence-corrected chi connectivity index (χ0v) is 14.5. The van der Waals surface area contributed by atoms with Gasteiger partial charge in [0, 0.05) is 15.8 Å². The van der Waals surface area contributed by atoms with Crippen molar-refractivity contribution in [3.63, 3.8) is 0 Å². The zero-order chi connectivity index (χ0) is 16.4. The lowest BCUT2D eigenvalue weighted by molar-refractivity contribution is 0.844. The van der Waals surface area contributed by atoms with E-state index in [0.717, 1.165) is 16.1 Å². The molecule has 0 amide bonds. The number of aryl methyl sites for hydroxylation is 1. The summed E-state index contributed by atoms with van der Waals surface area (Å²) in [7, 11) is 0. The number of rotatable bonds is 4. The van der Waals surface area contributed by atoms with Crippen LogP contribution in [0.4, 0.5) is 0 Å². The lowest BCUT2D eigenvalue weighted by Gasteiger charge is -2.12. The second kappa shape index (κ2) is 6.64. The summed E-state index contributed by atoms with van der Waals surface area (Å²) in [6, 6.07) is 15.8. The number of nitrogens with two attached hydrogens (primary N) is 1. The molecule has 23 heavy (non-hydrogen) atoms. The normalized spacial score (nSPS) is 12.3. The summed E-state index contributed by atoms with van der Waals surface area (Å²) in [5, 5.41) is 9.97. The molecule has 0 spiro atoms. The molecule has 2 aromatic carbocycles. The summed E-state index contributed by atoms with van der Waals surface area (Å²) >= 11 is 7.79. The van der Waals surface area contributed by atoms with Gasteiger partial charge in [-0.25, -0.2) is 4.68 Å². The second-order valence-corrected chi connectivity index (χ2v) is 7.04. The van der Waals surface area contributed by atoms with Crippen LogP contribution in [0.3, 0.4) is 0 Å². The maximum atomic E-state index is 6.25. The molecule has 3 aromatic rings. The number of halogens is 1. The molecule has 6 heteroatoms. The fourth-order valence-corrected chi connectivity index (χ4v) is 3.58. The van der Waals surface area contributed by atoms with Gasteiger partial charge in [0.15, 0.2) is 5.82 Å². The summed E-state index contributed by atoms with van der Waals surface area (Å²) in [5.74, 6) is 6.83. The van der Waals surface area contributed by atoms with E-state index in [4.69, 9.17) is 17.4 Å². The number of thioether (sulfide) groups is 1. The molecule has 4 nitrogen and oxygen atoms in total. The van der Waals surface area contributed by atoms with Gasteiger partial charge in [0.05, 0.1) is 0 Å². The van der Waals surface area contributed by atoms with Gasteiger partial charge >= 0.3 is 0 Å². The number of nitrogens with zero attached hydrogens (tertiary/aromatic N) is 3. The average molecular weight is 345 g/mol. The molecule has 0 unspecified atom stereocenters. The molecule has 0 aliphatic carbocycles. The maximum Gasteiger partial charge on any atom is 0.210 e. The van der Waals surface area contributed by atoms with Crippen LogP contribution >= 0.6 is 23.4 Å². The monoisotopic (exact) mass is 344 g/mol. The third-order valence-corrected chi connectivity index (χ3v) is 5.04. The highest BCUT2D eigenvalue weighted by Crippen LogP contribution is 2.37. The molecule has 1 heterocycles. The molecule has 0 aliphatic heterocycles. The van der Waals surface area contributed by atoms with Gasteiger partial charge in [-0.1, -0.05) is 71.4 Å². The molecule has 3 rings (SSSR count). The van der Waals surface area contributed by atoms with Gasteiger partial charge in [-0.3, -0.25) is 0 Å². The highest BCUT2D eigenvalue weighted by molar-refractivity contribution is 7.99. The van der Waals surface area contributed by atoms with Gasteiger partial charge in [-0.05, 0) is 25.5 Å². The maximum absolute atomic E-state index is 6.25. The molecular formula is C17H17ClN4S. The molecule has 0 saturated carbocycles. The predicted molar refractivity (Wildman–Crippen MR) is 96.1 cm³/mol. The quantitative estimate of drug-likeness (QED) is 0.560. The molecule has 1 aromatic heterocycles. The Bertz CT molecular complexity index is 814. The van der Waals surface area contributed by atoms with E-state index in [1.165, 1.54) is 22.0 Å².